The first-order valence-corrected chi connectivity index (χ1v) is 5.65. The Hall–Kier alpha value is -0.0400. The lowest BCUT2D eigenvalue weighted by atomic mass is 9.70. The summed E-state index contributed by atoms with van der Waals surface area (Å²) in [5.74, 6) is 0.905. The van der Waals surface area contributed by atoms with Gasteiger partial charge < -0.3 is 4.90 Å². The number of nitrogens with zero attached hydrogens (tertiary/aromatic N) is 1. The van der Waals surface area contributed by atoms with E-state index in [0.29, 0.717) is 5.41 Å². The average molecular weight is 183 g/mol. The molecule has 1 nitrogen and oxygen atoms in total. The van der Waals surface area contributed by atoms with Crippen LogP contribution in [0.4, 0.5) is 0 Å². The van der Waals surface area contributed by atoms with Crippen LogP contribution >= 0.6 is 0 Å². The van der Waals surface area contributed by atoms with Gasteiger partial charge in [-0.3, -0.25) is 0 Å². The summed E-state index contributed by atoms with van der Waals surface area (Å²) in [5, 5.41) is 0. The molecule has 0 bridgehead atoms. The fourth-order valence-electron chi connectivity index (χ4n) is 2.89. The second-order valence-electron chi connectivity index (χ2n) is 5.64. The lowest BCUT2D eigenvalue weighted by Crippen LogP contribution is -2.41. The summed E-state index contributed by atoms with van der Waals surface area (Å²) in [5.41, 5.74) is 0.561. The summed E-state index contributed by atoms with van der Waals surface area (Å²) < 4.78 is 0. The quantitative estimate of drug-likeness (QED) is 0.635. The van der Waals surface area contributed by atoms with Crippen LogP contribution in [0.5, 0.6) is 0 Å². The van der Waals surface area contributed by atoms with Crippen LogP contribution in [-0.2, 0) is 0 Å². The molecule has 0 aromatic heterocycles. The predicted molar refractivity (Wildman–Crippen MR) is 58.9 cm³/mol. The van der Waals surface area contributed by atoms with E-state index >= 15 is 0 Å². The third kappa shape index (κ3) is 2.98. The molecule has 1 fully saturated rings. The van der Waals surface area contributed by atoms with Crippen molar-refractivity contribution in [1.29, 1.82) is 0 Å². The fourth-order valence-corrected chi connectivity index (χ4v) is 2.89. The Labute approximate surface area is 83.5 Å². The largest absolute Gasteiger partial charge is 0.304 e. The molecular formula is C12H25N. The van der Waals surface area contributed by atoms with Gasteiger partial charge in [0.1, 0.15) is 0 Å². The van der Waals surface area contributed by atoms with Gasteiger partial charge in [-0.2, -0.15) is 0 Å². The second-order valence-corrected chi connectivity index (χ2v) is 5.64. The molecule has 0 radical (unpaired) electrons. The minimum atomic E-state index is 0.561. The molecule has 13 heavy (non-hydrogen) atoms. The summed E-state index contributed by atoms with van der Waals surface area (Å²) in [6, 6.07) is 0.823. The molecule has 1 heteroatoms. The van der Waals surface area contributed by atoms with Gasteiger partial charge in [-0.25, -0.2) is 0 Å². The maximum absolute atomic E-state index is 2.51. The van der Waals surface area contributed by atoms with Crippen LogP contribution in [-0.4, -0.2) is 24.5 Å². The molecule has 1 saturated carbocycles. The maximum atomic E-state index is 2.51. The standard InChI is InChI=1S/C12H25N/c1-6-13(5)11-7-10(2)8-12(3,4)9-11/h10-11H,6-9H2,1-5H3. The van der Waals surface area contributed by atoms with Crippen LogP contribution in [0.3, 0.4) is 0 Å². The molecule has 0 aromatic carbocycles. The summed E-state index contributed by atoms with van der Waals surface area (Å²) in [6.07, 6.45) is 4.18. The van der Waals surface area contributed by atoms with Crippen molar-refractivity contribution < 1.29 is 0 Å². The van der Waals surface area contributed by atoms with E-state index in [2.05, 4.69) is 39.6 Å². The van der Waals surface area contributed by atoms with E-state index in [-0.39, 0.29) is 0 Å². The van der Waals surface area contributed by atoms with Crippen molar-refractivity contribution in [2.24, 2.45) is 11.3 Å². The van der Waals surface area contributed by atoms with Crippen LogP contribution in [0.25, 0.3) is 0 Å². The number of hydrogen-bond donors (Lipinski definition) is 0. The predicted octanol–water partition coefficient (Wildman–Crippen LogP) is 3.15. The van der Waals surface area contributed by atoms with E-state index in [9.17, 15) is 0 Å². The van der Waals surface area contributed by atoms with E-state index < -0.39 is 0 Å². The first-order valence-electron chi connectivity index (χ1n) is 5.65. The zero-order valence-corrected chi connectivity index (χ0v) is 9.93. The van der Waals surface area contributed by atoms with E-state index in [4.69, 9.17) is 0 Å². The number of hydrogen-bond acceptors (Lipinski definition) is 1. The van der Waals surface area contributed by atoms with Crippen molar-refractivity contribution in [2.45, 2.75) is 53.0 Å². The summed E-state index contributed by atoms with van der Waals surface area (Å²) in [6.45, 7) is 10.7. The SMILES string of the molecule is CCN(C)C1CC(C)CC(C)(C)C1. The molecule has 0 heterocycles. The lowest BCUT2D eigenvalue weighted by Gasteiger charge is -2.42. The molecule has 2 unspecified atom stereocenters. The van der Waals surface area contributed by atoms with Gasteiger partial charge in [0.2, 0.25) is 0 Å². The van der Waals surface area contributed by atoms with E-state index in [0.717, 1.165) is 12.0 Å². The highest BCUT2D eigenvalue weighted by Crippen LogP contribution is 2.39. The highest BCUT2D eigenvalue weighted by Gasteiger charge is 2.33. The van der Waals surface area contributed by atoms with E-state index in [1.54, 1.807) is 0 Å². The lowest BCUT2D eigenvalue weighted by molar-refractivity contribution is 0.0861. The third-order valence-corrected chi connectivity index (χ3v) is 3.49. The van der Waals surface area contributed by atoms with Gasteiger partial charge in [0, 0.05) is 6.04 Å². The Morgan fingerprint density at radius 2 is 1.92 bits per heavy atom. The van der Waals surface area contributed by atoms with Crippen LogP contribution < -0.4 is 0 Å². The normalized spacial score (nSPS) is 33.7. The van der Waals surface area contributed by atoms with Crippen molar-refractivity contribution in [3.05, 3.63) is 0 Å². The fraction of sp³-hybridized carbons (Fsp3) is 1.00. The van der Waals surface area contributed by atoms with Crippen LogP contribution in [0.1, 0.15) is 47.0 Å². The Bertz CT molecular complexity index is 163. The van der Waals surface area contributed by atoms with Gasteiger partial charge in [-0.1, -0.05) is 27.7 Å². The first-order chi connectivity index (χ1) is 5.94. The summed E-state index contributed by atoms with van der Waals surface area (Å²) in [4.78, 5) is 2.51. The van der Waals surface area contributed by atoms with Crippen LogP contribution in [0.15, 0.2) is 0 Å². The van der Waals surface area contributed by atoms with Gasteiger partial charge in [-0.05, 0) is 44.2 Å². The first kappa shape index (κ1) is 11.0. The zero-order valence-electron chi connectivity index (χ0n) is 9.93. The van der Waals surface area contributed by atoms with E-state index in [1.165, 1.54) is 25.8 Å². The van der Waals surface area contributed by atoms with Gasteiger partial charge in [0.25, 0.3) is 0 Å². The van der Waals surface area contributed by atoms with Crippen molar-refractivity contribution in [3.8, 4) is 0 Å². The highest BCUT2D eigenvalue weighted by atomic mass is 15.1. The van der Waals surface area contributed by atoms with Crippen molar-refractivity contribution in [3.63, 3.8) is 0 Å². The topological polar surface area (TPSA) is 3.24 Å². The molecule has 1 aliphatic rings. The van der Waals surface area contributed by atoms with Gasteiger partial charge in [-0.15, -0.1) is 0 Å². The minimum absolute atomic E-state index is 0.561. The average Bonchev–Trinajstić information content (AvgIpc) is 1.99. The molecule has 0 saturated heterocycles. The Kier molecular flexibility index (Phi) is 3.39. The summed E-state index contributed by atoms with van der Waals surface area (Å²) >= 11 is 0. The monoisotopic (exact) mass is 183 g/mol. The highest BCUT2D eigenvalue weighted by molar-refractivity contribution is 4.86. The smallest absolute Gasteiger partial charge is 0.00997 e. The zero-order chi connectivity index (χ0) is 10.1. The summed E-state index contributed by atoms with van der Waals surface area (Å²) in [7, 11) is 2.26. The molecule has 0 N–H and O–H groups in total. The van der Waals surface area contributed by atoms with Crippen LogP contribution in [0.2, 0.25) is 0 Å². The van der Waals surface area contributed by atoms with Gasteiger partial charge in [0.15, 0.2) is 0 Å². The molecule has 1 rings (SSSR count). The Morgan fingerprint density at radius 1 is 1.31 bits per heavy atom. The van der Waals surface area contributed by atoms with Crippen molar-refractivity contribution in [1.82, 2.24) is 4.90 Å². The van der Waals surface area contributed by atoms with Gasteiger partial charge >= 0.3 is 0 Å². The molecule has 78 valence electrons. The molecular weight excluding hydrogens is 158 g/mol. The molecule has 0 spiro atoms. The Balaban J connectivity index is 2.57. The minimum Gasteiger partial charge on any atom is -0.304 e. The van der Waals surface area contributed by atoms with Crippen LogP contribution in [0, 0.1) is 11.3 Å². The molecule has 0 aromatic rings. The Morgan fingerprint density at radius 3 is 2.38 bits per heavy atom. The molecule has 2 atom stereocenters. The number of rotatable bonds is 2. The van der Waals surface area contributed by atoms with E-state index in [1.807, 2.05) is 0 Å². The molecule has 0 amide bonds. The van der Waals surface area contributed by atoms with Crippen molar-refractivity contribution >= 4 is 0 Å². The molecule has 1 aliphatic carbocycles. The molecule has 0 aliphatic heterocycles. The maximum Gasteiger partial charge on any atom is 0.00997 e. The van der Waals surface area contributed by atoms with Gasteiger partial charge in [0.05, 0.1) is 0 Å². The second kappa shape index (κ2) is 4.00. The third-order valence-electron chi connectivity index (χ3n) is 3.49. The van der Waals surface area contributed by atoms with Crippen molar-refractivity contribution in [2.75, 3.05) is 13.6 Å².